The molecule has 256 valence electrons. The van der Waals surface area contributed by atoms with Crippen molar-refractivity contribution in [3.05, 3.63) is 119 Å². The lowest BCUT2D eigenvalue weighted by atomic mass is 10.0. The van der Waals surface area contributed by atoms with Gasteiger partial charge in [0.2, 0.25) is 0 Å². The van der Waals surface area contributed by atoms with Gasteiger partial charge in [-0.2, -0.15) is 0 Å². The highest BCUT2D eigenvalue weighted by Gasteiger charge is 2.22. The van der Waals surface area contributed by atoms with E-state index in [1.54, 1.807) is 59.7 Å². The maximum absolute atomic E-state index is 12.8. The molecule has 50 heavy (non-hydrogen) atoms. The lowest BCUT2D eigenvalue weighted by molar-refractivity contribution is -0.137. The molecule has 2 N–H and O–H groups in total. The fourth-order valence-electron chi connectivity index (χ4n) is 5.60. The van der Waals surface area contributed by atoms with E-state index in [1.807, 2.05) is 60.7 Å². The zero-order valence-corrected chi connectivity index (χ0v) is 28.6. The molecule has 0 spiro atoms. The van der Waals surface area contributed by atoms with Crippen molar-refractivity contribution in [1.82, 2.24) is 8.80 Å². The maximum Gasteiger partial charge on any atom is 0.303 e. The average molecular weight is 716 g/mol. The van der Waals surface area contributed by atoms with E-state index in [9.17, 15) is 19.2 Å². The van der Waals surface area contributed by atoms with Gasteiger partial charge in [-0.25, -0.2) is 0 Å². The topological polar surface area (TPSA) is 136 Å². The van der Waals surface area contributed by atoms with Gasteiger partial charge in [0.25, 0.3) is 0 Å². The highest BCUT2D eigenvalue weighted by Crippen LogP contribution is 2.36. The Bertz CT molecular complexity index is 2240. The van der Waals surface area contributed by atoms with Crippen molar-refractivity contribution < 1.29 is 38.9 Å². The molecule has 0 saturated carbocycles. The Morgan fingerprint density at radius 1 is 0.580 bits per heavy atom. The SMILES string of the molecule is COc1ccc(-c2cc3ccccn3c2C(=O)CCC(=O)O)cc1OC.O=C(O)CCC(=O)c1c(-c2ccc(Cl)c(Cl)c2)cc2ccccn12. The number of hydrogen-bond donors (Lipinski definition) is 2. The molecule has 10 nitrogen and oxygen atoms in total. The van der Waals surface area contributed by atoms with Gasteiger partial charge in [-0.1, -0.05) is 47.5 Å². The lowest BCUT2D eigenvalue weighted by Gasteiger charge is -2.10. The van der Waals surface area contributed by atoms with Crippen LogP contribution in [-0.2, 0) is 9.59 Å². The second-order valence-electron chi connectivity index (χ2n) is 11.1. The van der Waals surface area contributed by atoms with E-state index in [4.69, 9.17) is 42.9 Å². The number of methoxy groups -OCH3 is 2. The molecule has 0 aliphatic rings. The molecule has 0 aliphatic carbocycles. The van der Waals surface area contributed by atoms with E-state index in [2.05, 4.69) is 0 Å². The Hall–Kier alpha value is -5.58. The summed E-state index contributed by atoms with van der Waals surface area (Å²) in [6.07, 6.45) is 3.04. The number of benzene rings is 2. The van der Waals surface area contributed by atoms with Crippen LogP contribution in [0.3, 0.4) is 0 Å². The van der Waals surface area contributed by atoms with Gasteiger partial charge in [0.05, 0.1) is 48.5 Å². The number of pyridine rings is 2. The first-order valence-electron chi connectivity index (χ1n) is 15.4. The number of rotatable bonds is 12. The fourth-order valence-corrected chi connectivity index (χ4v) is 5.90. The molecule has 12 heteroatoms. The fraction of sp³-hybridized carbons (Fsp3) is 0.158. The largest absolute Gasteiger partial charge is 0.493 e. The third kappa shape index (κ3) is 7.83. The number of nitrogens with zero attached hydrogens (tertiary/aromatic N) is 2. The maximum atomic E-state index is 12.8. The Morgan fingerprint density at radius 2 is 1.06 bits per heavy atom. The molecule has 0 atom stereocenters. The molecule has 0 bridgehead atoms. The second-order valence-corrected chi connectivity index (χ2v) is 12.0. The number of carbonyl (C=O) groups excluding carboxylic acids is 2. The van der Waals surface area contributed by atoms with Crippen LogP contribution in [0, 0.1) is 0 Å². The minimum Gasteiger partial charge on any atom is -0.493 e. The smallest absolute Gasteiger partial charge is 0.303 e. The predicted octanol–water partition coefficient (Wildman–Crippen LogP) is 8.63. The molecule has 6 rings (SSSR count). The highest BCUT2D eigenvalue weighted by atomic mass is 35.5. The summed E-state index contributed by atoms with van der Waals surface area (Å²) in [4.78, 5) is 47.0. The molecule has 0 unspecified atom stereocenters. The normalized spacial score (nSPS) is 10.8. The number of carboxylic acid groups (broad SMARTS) is 2. The molecule has 6 aromatic rings. The van der Waals surface area contributed by atoms with Crippen LogP contribution >= 0.6 is 23.2 Å². The minimum absolute atomic E-state index is 0.0589. The molecule has 4 heterocycles. The second kappa shape index (κ2) is 15.8. The summed E-state index contributed by atoms with van der Waals surface area (Å²) < 4.78 is 14.2. The Balaban J connectivity index is 0.000000195. The number of carbonyl (C=O) groups is 4. The van der Waals surface area contributed by atoms with E-state index in [1.165, 1.54) is 0 Å². The minimum atomic E-state index is -1.000. The third-order valence-corrected chi connectivity index (χ3v) is 8.68. The summed E-state index contributed by atoms with van der Waals surface area (Å²) >= 11 is 12.1. The number of carboxylic acids is 2. The van der Waals surface area contributed by atoms with Crippen LogP contribution in [0.2, 0.25) is 10.0 Å². The van der Waals surface area contributed by atoms with Crippen molar-refractivity contribution >= 4 is 57.7 Å². The summed E-state index contributed by atoms with van der Waals surface area (Å²) in [6.45, 7) is 0. The predicted molar refractivity (Wildman–Crippen MR) is 191 cm³/mol. The van der Waals surface area contributed by atoms with Crippen molar-refractivity contribution in [1.29, 1.82) is 0 Å². The average Bonchev–Trinajstić information content (AvgIpc) is 3.70. The molecular formula is C38H32Cl2N2O8. The molecule has 0 radical (unpaired) electrons. The summed E-state index contributed by atoms with van der Waals surface area (Å²) in [6, 6.07) is 25.6. The van der Waals surface area contributed by atoms with Crippen LogP contribution in [0.5, 0.6) is 11.5 Å². The van der Waals surface area contributed by atoms with E-state index in [0.29, 0.717) is 38.5 Å². The first kappa shape index (κ1) is 35.7. The Kier molecular flexibility index (Phi) is 11.3. The standard InChI is InChI=1S/C20H19NO5.C18H13Cl2NO3/c1-25-17-8-6-13(11-18(17)26-2)15-12-14-5-3-4-10-21(14)20(15)16(22)7-9-19(23)24;19-14-5-4-11(9-15(14)20)13-10-12-3-1-2-8-21(12)18(13)16(22)6-7-17(23)24/h3-6,8,10-12H,7,9H2,1-2H3,(H,23,24);1-5,8-10H,6-7H2,(H,23,24). The molecule has 4 aromatic heterocycles. The van der Waals surface area contributed by atoms with Crippen molar-refractivity contribution in [3.63, 3.8) is 0 Å². The molecule has 0 saturated heterocycles. The number of aliphatic carboxylic acids is 2. The molecule has 0 fully saturated rings. The van der Waals surface area contributed by atoms with Crippen LogP contribution in [0.4, 0.5) is 0 Å². The number of ether oxygens (including phenoxy) is 2. The molecule has 2 aromatic carbocycles. The zero-order valence-electron chi connectivity index (χ0n) is 27.1. The van der Waals surface area contributed by atoms with Crippen LogP contribution in [-0.4, -0.2) is 56.7 Å². The molecule has 0 aliphatic heterocycles. The number of aromatic nitrogens is 2. The Morgan fingerprint density at radius 3 is 1.52 bits per heavy atom. The van der Waals surface area contributed by atoms with Crippen LogP contribution in [0.1, 0.15) is 46.7 Å². The van der Waals surface area contributed by atoms with Gasteiger partial charge in [-0.3, -0.25) is 19.2 Å². The van der Waals surface area contributed by atoms with Gasteiger partial charge < -0.3 is 28.5 Å². The van der Waals surface area contributed by atoms with Crippen LogP contribution in [0.15, 0.2) is 97.3 Å². The number of halogens is 2. The van der Waals surface area contributed by atoms with Gasteiger partial charge in [-0.15, -0.1) is 0 Å². The monoisotopic (exact) mass is 714 g/mol. The van der Waals surface area contributed by atoms with Gasteiger partial charge in [-0.05, 0) is 71.8 Å². The quantitative estimate of drug-likeness (QED) is 0.120. The van der Waals surface area contributed by atoms with Crippen molar-refractivity contribution in [2.75, 3.05) is 14.2 Å². The van der Waals surface area contributed by atoms with Gasteiger partial charge >= 0.3 is 11.9 Å². The summed E-state index contributed by atoms with van der Waals surface area (Å²) in [5.41, 5.74) is 5.60. The van der Waals surface area contributed by atoms with Crippen molar-refractivity contribution in [2.24, 2.45) is 0 Å². The number of hydrogen-bond acceptors (Lipinski definition) is 6. The molecule has 0 amide bonds. The summed E-state index contributed by atoms with van der Waals surface area (Å²) in [7, 11) is 3.11. The Labute approximate surface area is 297 Å². The number of ketones is 2. The van der Waals surface area contributed by atoms with Crippen LogP contribution in [0.25, 0.3) is 33.3 Å². The number of Topliss-reactive ketones (excluding diaryl/α,β-unsaturated/α-hetero) is 2. The van der Waals surface area contributed by atoms with E-state index < -0.39 is 11.9 Å². The lowest BCUT2D eigenvalue weighted by Crippen LogP contribution is -2.08. The van der Waals surface area contributed by atoms with Crippen molar-refractivity contribution in [3.8, 4) is 33.8 Å². The number of fused-ring (bicyclic) bond motifs is 2. The van der Waals surface area contributed by atoms with Crippen LogP contribution < -0.4 is 9.47 Å². The van der Waals surface area contributed by atoms with Gasteiger partial charge in [0, 0.05) is 47.4 Å². The van der Waals surface area contributed by atoms with E-state index in [-0.39, 0.29) is 37.2 Å². The third-order valence-electron chi connectivity index (χ3n) is 7.94. The van der Waals surface area contributed by atoms with E-state index in [0.717, 1.165) is 27.7 Å². The van der Waals surface area contributed by atoms with Gasteiger partial charge in [0.15, 0.2) is 23.1 Å². The van der Waals surface area contributed by atoms with Crippen molar-refractivity contribution in [2.45, 2.75) is 25.7 Å². The summed E-state index contributed by atoms with van der Waals surface area (Å²) in [5, 5.41) is 18.6. The zero-order chi connectivity index (χ0) is 35.9. The highest BCUT2D eigenvalue weighted by molar-refractivity contribution is 6.42. The van der Waals surface area contributed by atoms with Gasteiger partial charge in [0.1, 0.15) is 0 Å². The first-order chi connectivity index (χ1) is 24.0. The van der Waals surface area contributed by atoms with E-state index >= 15 is 0 Å². The summed E-state index contributed by atoms with van der Waals surface area (Å²) in [5.74, 6) is -1.29. The first-order valence-corrected chi connectivity index (χ1v) is 16.2. The molecular weight excluding hydrogens is 683 g/mol.